The summed E-state index contributed by atoms with van der Waals surface area (Å²) in [5, 5.41) is 3.00. The Kier molecular flexibility index (Phi) is 6.15. The van der Waals surface area contributed by atoms with Crippen molar-refractivity contribution >= 4 is 5.91 Å². The lowest BCUT2D eigenvalue weighted by Gasteiger charge is -2.14. The first-order valence-electron chi connectivity index (χ1n) is 7.95. The average Bonchev–Trinajstić information content (AvgIpc) is 2.55. The maximum atomic E-state index is 12.1. The first-order chi connectivity index (χ1) is 11.0. The molecule has 0 aliphatic heterocycles. The lowest BCUT2D eigenvalue weighted by Crippen LogP contribution is -2.28. The van der Waals surface area contributed by atoms with Crippen LogP contribution in [-0.4, -0.2) is 17.5 Å². The molecular weight excluding hydrogens is 288 g/mol. The number of hydrogen-bond acceptors (Lipinski definition) is 3. The Balaban J connectivity index is 1.85. The van der Waals surface area contributed by atoms with Crippen LogP contribution in [-0.2, 0) is 11.2 Å². The van der Waals surface area contributed by atoms with Crippen LogP contribution in [0.5, 0.6) is 5.75 Å². The number of rotatable bonds is 7. The molecule has 0 unspecified atom stereocenters. The summed E-state index contributed by atoms with van der Waals surface area (Å²) in [6.45, 7) is 6.89. The van der Waals surface area contributed by atoms with Gasteiger partial charge < -0.3 is 10.1 Å². The van der Waals surface area contributed by atoms with Gasteiger partial charge in [-0.05, 0) is 48.2 Å². The first kappa shape index (κ1) is 17.0. The van der Waals surface area contributed by atoms with E-state index in [2.05, 4.69) is 24.1 Å². The van der Waals surface area contributed by atoms with Crippen LogP contribution in [0, 0.1) is 5.92 Å². The molecule has 2 aromatic rings. The molecule has 0 saturated heterocycles. The molecule has 23 heavy (non-hydrogen) atoms. The third-order valence-electron chi connectivity index (χ3n) is 3.45. The van der Waals surface area contributed by atoms with Gasteiger partial charge in [-0.2, -0.15) is 0 Å². The molecule has 1 N–H and O–H groups in total. The number of aromatic nitrogens is 1. The van der Waals surface area contributed by atoms with E-state index in [9.17, 15) is 4.79 Å². The molecule has 4 heteroatoms. The van der Waals surface area contributed by atoms with Crippen molar-refractivity contribution in [2.75, 3.05) is 6.61 Å². The number of amides is 1. The second-order valence-corrected chi connectivity index (χ2v) is 6.10. The minimum Gasteiger partial charge on any atom is -0.493 e. The molecule has 1 aromatic heterocycles. The number of ether oxygens (including phenoxy) is 1. The SMILES string of the molecule is CC(C)COc1ccc(CC(=O)N[C@H](C)c2ccncc2)cc1. The zero-order valence-corrected chi connectivity index (χ0v) is 14.0. The van der Waals surface area contributed by atoms with Crippen LogP contribution in [0.3, 0.4) is 0 Å². The lowest BCUT2D eigenvalue weighted by atomic mass is 10.1. The van der Waals surface area contributed by atoms with Gasteiger partial charge in [-0.25, -0.2) is 0 Å². The number of pyridine rings is 1. The van der Waals surface area contributed by atoms with Crippen LogP contribution < -0.4 is 10.1 Å². The Labute approximate surface area is 137 Å². The summed E-state index contributed by atoms with van der Waals surface area (Å²) in [7, 11) is 0. The Morgan fingerprint density at radius 1 is 1.09 bits per heavy atom. The third-order valence-corrected chi connectivity index (χ3v) is 3.45. The number of hydrogen-bond donors (Lipinski definition) is 1. The van der Waals surface area contributed by atoms with Crippen molar-refractivity contribution in [2.45, 2.75) is 33.2 Å². The van der Waals surface area contributed by atoms with Gasteiger partial charge in [0, 0.05) is 12.4 Å². The van der Waals surface area contributed by atoms with Crippen LogP contribution in [0.1, 0.15) is 37.9 Å². The number of carbonyl (C=O) groups excluding carboxylic acids is 1. The highest BCUT2D eigenvalue weighted by Gasteiger charge is 2.10. The summed E-state index contributed by atoms with van der Waals surface area (Å²) in [5.41, 5.74) is 2.02. The van der Waals surface area contributed by atoms with Crippen LogP contribution in [0.4, 0.5) is 0 Å². The van der Waals surface area contributed by atoms with Crippen molar-refractivity contribution < 1.29 is 9.53 Å². The lowest BCUT2D eigenvalue weighted by molar-refractivity contribution is -0.121. The average molecular weight is 312 g/mol. The van der Waals surface area contributed by atoms with Gasteiger partial charge in [0.15, 0.2) is 0 Å². The van der Waals surface area contributed by atoms with Crippen molar-refractivity contribution in [1.29, 1.82) is 0 Å². The molecule has 0 spiro atoms. The summed E-state index contributed by atoms with van der Waals surface area (Å²) >= 11 is 0. The standard InChI is InChI=1S/C19H24N2O2/c1-14(2)13-23-18-6-4-16(5-7-18)12-19(22)21-15(3)17-8-10-20-11-9-17/h4-11,14-15H,12-13H2,1-3H3,(H,21,22)/t15-/m1/s1. The molecule has 0 radical (unpaired) electrons. The Bertz CT molecular complexity index is 609. The van der Waals surface area contributed by atoms with E-state index < -0.39 is 0 Å². The number of carbonyl (C=O) groups is 1. The number of nitrogens with zero attached hydrogens (tertiary/aromatic N) is 1. The zero-order chi connectivity index (χ0) is 16.7. The van der Waals surface area contributed by atoms with E-state index in [1.807, 2.05) is 43.3 Å². The van der Waals surface area contributed by atoms with Crippen LogP contribution in [0.25, 0.3) is 0 Å². The molecule has 0 aliphatic rings. The molecule has 4 nitrogen and oxygen atoms in total. The quantitative estimate of drug-likeness (QED) is 0.851. The highest BCUT2D eigenvalue weighted by molar-refractivity contribution is 5.79. The van der Waals surface area contributed by atoms with E-state index in [0.29, 0.717) is 18.9 Å². The van der Waals surface area contributed by atoms with E-state index in [1.54, 1.807) is 12.4 Å². The Morgan fingerprint density at radius 2 is 1.74 bits per heavy atom. The normalized spacial score (nSPS) is 12.0. The second kappa shape index (κ2) is 8.32. The van der Waals surface area contributed by atoms with Gasteiger partial charge in [0.05, 0.1) is 19.1 Å². The monoisotopic (exact) mass is 312 g/mol. The zero-order valence-electron chi connectivity index (χ0n) is 14.0. The van der Waals surface area contributed by atoms with E-state index in [-0.39, 0.29) is 11.9 Å². The molecule has 1 atom stereocenters. The van der Waals surface area contributed by atoms with Crippen LogP contribution in [0.2, 0.25) is 0 Å². The minimum atomic E-state index is -0.0286. The molecule has 1 aromatic carbocycles. The molecule has 1 heterocycles. The van der Waals surface area contributed by atoms with E-state index in [0.717, 1.165) is 16.9 Å². The van der Waals surface area contributed by atoms with E-state index >= 15 is 0 Å². The van der Waals surface area contributed by atoms with Crippen molar-refractivity contribution in [3.05, 3.63) is 59.9 Å². The number of benzene rings is 1. The molecule has 0 saturated carbocycles. The van der Waals surface area contributed by atoms with Gasteiger partial charge in [-0.15, -0.1) is 0 Å². The predicted octanol–water partition coefficient (Wildman–Crippen LogP) is 3.54. The third kappa shape index (κ3) is 5.74. The molecule has 122 valence electrons. The largest absolute Gasteiger partial charge is 0.493 e. The summed E-state index contributed by atoms with van der Waals surface area (Å²) in [6, 6.07) is 11.5. The molecule has 0 fully saturated rings. The molecule has 0 bridgehead atoms. The Morgan fingerprint density at radius 3 is 2.35 bits per heavy atom. The van der Waals surface area contributed by atoms with E-state index in [4.69, 9.17) is 4.74 Å². The van der Waals surface area contributed by atoms with Crippen molar-refractivity contribution in [1.82, 2.24) is 10.3 Å². The van der Waals surface area contributed by atoms with Gasteiger partial charge in [-0.3, -0.25) is 9.78 Å². The van der Waals surface area contributed by atoms with Gasteiger partial charge in [0.1, 0.15) is 5.75 Å². The summed E-state index contributed by atoms with van der Waals surface area (Å²) in [6.07, 6.45) is 3.82. The fourth-order valence-electron chi connectivity index (χ4n) is 2.18. The Hall–Kier alpha value is -2.36. The minimum absolute atomic E-state index is 0.00478. The fraction of sp³-hybridized carbons (Fsp3) is 0.368. The van der Waals surface area contributed by atoms with Crippen molar-refractivity contribution in [2.24, 2.45) is 5.92 Å². The molecule has 2 rings (SSSR count). The van der Waals surface area contributed by atoms with Crippen LogP contribution >= 0.6 is 0 Å². The maximum Gasteiger partial charge on any atom is 0.224 e. The highest BCUT2D eigenvalue weighted by atomic mass is 16.5. The topological polar surface area (TPSA) is 51.2 Å². The smallest absolute Gasteiger partial charge is 0.224 e. The van der Waals surface area contributed by atoms with Crippen LogP contribution in [0.15, 0.2) is 48.8 Å². The van der Waals surface area contributed by atoms with Gasteiger partial charge in [0.25, 0.3) is 0 Å². The van der Waals surface area contributed by atoms with Gasteiger partial charge in [0.2, 0.25) is 5.91 Å². The molecule has 1 amide bonds. The number of nitrogens with one attached hydrogen (secondary N) is 1. The maximum absolute atomic E-state index is 12.1. The summed E-state index contributed by atoms with van der Waals surface area (Å²) < 4.78 is 5.64. The van der Waals surface area contributed by atoms with E-state index in [1.165, 1.54) is 0 Å². The first-order valence-corrected chi connectivity index (χ1v) is 7.95. The summed E-state index contributed by atoms with van der Waals surface area (Å²) in [4.78, 5) is 16.1. The van der Waals surface area contributed by atoms with Gasteiger partial charge >= 0.3 is 0 Å². The molecular formula is C19H24N2O2. The summed E-state index contributed by atoms with van der Waals surface area (Å²) in [5.74, 6) is 1.34. The van der Waals surface area contributed by atoms with Crippen molar-refractivity contribution in [3.8, 4) is 5.75 Å². The molecule has 0 aliphatic carbocycles. The highest BCUT2D eigenvalue weighted by Crippen LogP contribution is 2.15. The second-order valence-electron chi connectivity index (χ2n) is 6.10. The predicted molar refractivity (Wildman–Crippen MR) is 91.3 cm³/mol. The fourth-order valence-corrected chi connectivity index (χ4v) is 2.18. The van der Waals surface area contributed by atoms with Crippen molar-refractivity contribution in [3.63, 3.8) is 0 Å². The van der Waals surface area contributed by atoms with Gasteiger partial charge in [-0.1, -0.05) is 26.0 Å².